The van der Waals surface area contributed by atoms with E-state index in [9.17, 15) is 14.4 Å². The van der Waals surface area contributed by atoms with E-state index in [0.717, 1.165) is 0 Å². The lowest BCUT2D eigenvalue weighted by Crippen LogP contribution is -2.42. The summed E-state index contributed by atoms with van der Waals surface area (Å²) < 4.78 is 1.47. The van der Waals surface area contributed by atoms with E-state index in [1.165, 1.54) is 33.6 Å². The predicted octanol–water partition coefficient (Wildman–Crippen LogP) is 1.60. The fourth-order valence-corrected chi connectivity index (χ4v) is 3.61. The number of carboxylic acid groups (broad SMARTS) is 1. The van der Waals surface area contributed by atoms with Crippen LogP contribution >= 0.6 is 23.1 Å². The molecule has 2 aromatic rings. The summed E-state index contributed by atoms with van der Waals surface area (Å²) in [7, 11) is 0. The number of aromatic nitrogens is 2. The summed E-state index contributed by atoms with van der Waals surface area (Å²) in [5.74, 6) is -0.651. The number of thioether (sulfide) groups is 1. The fraction of sp³-hybridized carbons (Fsp3) is 0.467. The lowest BCUT2D eigenvalue weighted by Gasteiger charge is -2.16. The Bertz CT molecular complexity index is 784. The highest BCUT2D eigenvalue weighted by Gasteiger charge is 2.20. The lowest BCUT2D eigenvalue weighted by atomic mass is 10.0. The third-order valence-corrected chi connectivity index (χ3v) is 4.90. The first-order chi connectivity index (χ1) is 11.4. The molecule has 0 radical (unpaired) electrons. The number of rotatable bonds is 8. The number of fused-ring (bicyclic) bond motifs is 1. The second-order valence-electron chi connectivity index (χ2n) is 5.72. The van der Waals surface area contributed by atoms with Crippen molar-refractivity contribution in [3.8, 4) is 0 Å². The highest BCUT2D eigenvalue weighted by molar-refractivity contribution is 7.99. The molecule has 1 atom stereocenters. The summed E-state index contributed by atoms with van der Waals surface area (Å²) in [5, 5.41) is 13.4. The monoisotopic (exact) mass is 369 g/mol. The van der Waals surface area contributed by atoms with Gasteiger partial charge in [-0.25, -0.2) is 9.78 Å². The van der Waals surface area contributed by atoms with Crippen LogP contribution in [0.15, 0.2) is 22.4 Å². The molecule has 0 bridgehead atoms. The molecule has 0 aliphatic carbocycles. The Morgan fingerprint density at radius 3 is 2.88 bits per heavy atom. The summed E-state index contributed by atoms with van der Waals surface area (Å²) in [5.41, 5.74) is 0.460. The van der Waals surface area contributed by atoms with Gasteiger partial charge in [0.15, 0.2) is 4.96 Å². The quantitative estimate of drug-likeness (QED) is 0.733. The van der Waals surface area contributed by atoms with Crippen LogP contribution in [0.25, 0.3) is 4.96 Å². The van der Waals surface area contributed by atoms with Crippen LogP contribution in [0.4, 0.5) is 0 Å². The van der Waals surface area contributed by atoms with Crippen molar-refractivity contribution in [2.45, 2.75) is 32.1 Å². The molecule has 0 fully saturated rings. The van der Waals surface area contributed by atoms with Crippen LogP contribution in [-0.2, 0) is 15.3 Å². The van der Waals surface area contributed by atoms with E-state index in [0.29, 0.717) is 22.8 Å². The molecule has 0 unspecified atom stereocenters. The first kappa shape index (κ1) is 18.5. The lowest BCUT2D eigenvalue weighted by molar-refractivity contribution is -0.141. The minimum absolute atomic E-state index is 0.118. The Morgan fingerprint density at radius 1 is 1.46 bits per heavy atom. The Kier molecular flexibility index (Phi) is 6.38. The molecule has 0 spiro atoms. The summed E-state index contributed by atoms with van der Waals surface area (Å²) >= 11 is 2.67. The Labute approximate surface area is 147 Å². The van der Waals surface area contributed by atoms with Gasteiger partial charge in [0.1, 0.15) is 6.04 Å². The highest BCUT2D eigenvalue weighted by Crippen LogP contribution is 2.12. The van der Waals surface area contributed by atoms with Gasteiger partial charge in [0.05, 0.1) is 11.4 Å². The van der Waals surface area contributed by atoms with Gasteiger partial charge in [-0.2, -0.15) is 0 Å². The third-order valence-electron chi connectivity index (χ3n) is 3.18. The van der Waals surface area contributed by atoms with Crippen LogP contribution in [0.2, 0.25) is 0 Å². The molecule has 2 N–H and O–H groups in total. The molecule has 0 aromatic carbocycles. The zero-order valence-corrected chi connectivity index (χ0v) is 15.0. The zero-order chi connectivity index (χ0) is 17.7. The number of nitrogens with one attached hydrogen (secondary N) is 1. The van der Waals surface area contributed by atoms with Gasteiger partial charge in [0.25, 0.3) is 5.56 Å². The number of thiazole rings is 1. The van der Waals surface area contributed by atoms with Gasteiger partial charge < -0.3 is 10.4 Å². The van der Waals surface area contributed by atoms with Gasteiger partial charge in [-0.15, -0.1) is 23.1 Å². The maximum absolute atomic E-state index is 11.9. The van der Waals surface area contributed by atoms with Crippen molar-refractivity contribution in [1.29, 1.82) is 0 Å². The molecule has 24 heavy (non-hydrogen) atoms. The SMILES string of the molecule is CC(C)C[C@H](NC(=O)CSCc1cc(=O)n2ccsc2n1)C(=O)O. The molecule has 0 saturated carbocycles. The van der Waals surface area contributed by atoms with Crippen molar-refractivity contribution in [3.63, 3.8) is 0 Å². The van der Waals surface area contributed by atoms with E-state index >= 15 is 0 Å². The predicted molar refractivity (Wildman–Crippen MR) is 94.5 cm³/mol. The Balaban J connectivity index is 1.87. The van der Waals surface area contributed by atoms with Gasteiger partial charge in [-0.1, -0.05) is 13.8 Å². The molecule has 7 nitrogen and oxygen atoms in total. The van der Waals surface area contributed by atoms with E-state index < -0.39 is 12.0 Å². The zero-order valence-electron chi connectivity index (χ0n) is 13.4. The second-order valence-corrected chi connectivity index (χ2v) is 7.58. The van der Waals surface area contributed by atoms with Crippen LogP contribution in [0, 0.1) is 5.92 Å². The molecule has 1 amide bonds. The summed E-state index contributed by atoms with van der Waals surface area (Å²) in [6.45, 7) is 3.81. The summed E-state index contributed by atoms with van der Waals surface area (Å²) in [6.07, 6.45) is 2.06. The standard InChI is InChI=1S/C15H19N3O4S2/c1-9(2)5-11(14(21)22)17-12(19)8-23-7-10-6-13(20)18-3-4-24-15(18)16-10/h3-4,6,9,11H,5,7-8H2,1-2H3,(H,17,19)(H,21,22)/t11-/m0/s1. The van der Waals surface area contributed by atoms with E-state index in [-0.39, 0.29) is 23.1 Å². The molecule has 0 saturated heterocycles. The third kappa shape index (κ3) is 5.07. The number of hydrogen-bond acceptors (Lipinski definition) is 6. The van der Waals surface area contributed by atoms with Gasteiger partial charge in [0, 0.05) is 23.4 Å². The molecule has 0 aliphatic rings. The molecule has 2 heterocycles. The Morgan fingerprint density at radius 2 is 2.21 bits per heavy atom. The normalized spacial score (nSPS) is 12.5. The van der Waals surface area contributed by atoms with Crippen molar-refractivity contribution in [3.05, 3.63) is 33.7 Å². The first-order valence-corrected chi connectivity index (χ1v) is 9.46. The van der Waals surface area contributed by atoms with Crippen molar-refractivity contribution < 1.29 is 14.7 Å². The maximum Gasteiger partial charge on any atom is 0.326 e. The number of hydrogen-bond donors (Lipinski definition) is 2. The van der Waals surface area contributed by atoms with Crippen molar-refractivity contribution >= 4 is 39.9 Å². The molecule has 0 aliphatic heterocycles. The number of amides is 1. The molecule has 130 valence electrons. The maximum atomic E-state index is 11.9. The van der Waals surface area contributed by atoms with Crippen LogP contribution in [0.3, 0.4) is 0 Å². The molecule has 2 aromatic heterocycles. The minimum Gasteiger partial charge on any atom is -0.480 e. The smallest absolute Gasteiger partial charge is 0.326 e. The first-order valence-electron chi connectivity index (χ1n) is 7.42. The van der Waals surface area contributed by atoms with Crippen LogP contribution in [-0.4, -0.2) is 38.2 Å². The molecular formula is C15H19N3O4S2. The van der Waals surface area contributed by atoms with Crippen molar-refractivity contribution in [2.75, 3.05) is 5.75 Å². The van der Waals surface area contributed by atoms with Crippen LogP contribution in [0.5, 0.6) is 0 Å². The highest BCUT2D eigenvalue weighted by atomic mass is 32.2. The number of carbonyl (C=O) groups excluding carboxylic acids is 1. The number of carbonyl (C=O) groups is 2. The largest absolute Gasteiger partial charge is 0.480 e. The van der Waals surface area contributed by atoms with Gasteiger partial charge in [-0.05, 0) is 12.3 Å². The average Bonchev–Trinajstić information content (AvgIpc) is 2.95. The average molecular weight is 369 g/mol. The molecule has 9 heteroatoms. The summed E-state index contributed by atoms with van der Waals surface area (Å²) in [6, 6.07) is 0.576. The molecule has 2 rings (SSSR count). The van der Waals surface area contributed by atoms with Crippen LogP contribution < -0.4 is 10.9 Å². The fourth-order valence-electron chi connectivity index (χ4n) is 2.14. The summed E-state index contributed by atoms with van der Waals surface area (Å²) in [4.78, 5) is 39.9. The van der Waals surface area contributed by atoms with Gasteiger partial charge in [-0.3, -0.25) is 14.0 Å². The number of nitrogens with zero attached hydrogens (tertiary/aromatic N) is 2. The van der Waals surface area contributed by atoms with E-state index in [4.69, 9.17) is 5.11 Å². The second kappa shape index (κ2) is 8.29. The van der Waals surface area contributed by atoms with E-state index in [1.807, 2.05) is 13.8 Å². The van der Waals surface area contributed by atoms with Crippen LogP contribution in [0.1, 0.15) is 26.0 Å². The van der Waals surface area contributed by atoms with Gasteiger partial charge >= 0.3 is 5.97 Å². The number of aliphatic carboxylic acids is 1. The van der Waals surface area contributed by atoms with Crippen molar-refractivity contribution in [1.82, 2.24) is 14.7 Å². The van der Waals surface area contributed by atoms with Gasteiger partial charge in [0.2, 0.25) is 5.91 Å². The minimum atomic E-state index is -1.03. The Hall–Kier alpha value is -1.87. The number of carboxylic acids is 1. The van der Waals surface area contributed by atoms with E-state index in [1.54, 1.807) is 11.6 Å². The topological polar surface area (TPSA) is 101 Å². The molecular weight excluding hydrogens is 350 g/mol. The van der Waals surface area contributed by atoms with E-state index in [2.05, 4.69) is 10.3 Å². The van der Waals surface area contributed by atoms with Crippen molar-refractivity contribution in [2.24, 2.45) is 5.92 Å².